The Morgan fingerprint density at radius 1 is 0.842 bits per heavy atom. The van der Waals surface area contributed by atoms with Crippen LogP contribution in [0.5, 0.6) is 0 Å². The van der Waals surface area contributed by atoms with Gasteiger partial charge in [0, 0.05) is 0 Å². The predicted molar refractivity (Wildman–Crippen MR) is 86.4 cm³/mol. The van der Waals surface area contributed by atoms with E-state index >= 15 is 0 Å². The molecule has 0 saturated carbocycles. The second-order valence-electron chi connectivity index (χ2n) is 4.43. The molecule has 0 aromatic rings. The van der Waals surface area contributed by atoms with Crippen molar-refractivity contribution in [3.8, 4) is 0 Å². The molecular formula is C12H30AlNaO4S. The molecule has 0 aromatic heterocycles. The van der Waals surface area contributed by atoms with Gasteiger partial charge in [-0.1, -0.05) is 64.7 Å². The van der Waals surface area contributed by atoms with E-state index in [9.17, 15) is 8.42 Å². The molecule has 0 atom stereocenters. The molecule has 0 saturated heterocycles. The minimum absolute atomic E-state index is 0. The number of hydrogen-bond acceptors (Lipinski definition) is 3. The van der Waals surface area contributed by atoms with Gasteiger partial charge >= 0.3 is 40.0 Å². The summed E-state index contributed by atoms with van der Waals surface area (Å²) in [5.74, 6) is 0. The van der Waals surface area contributed by atoms with Gasteiger partial charge in [-0.15, -0.1) is 0 Å². The van der Waals surface area contributed by atoms with Gasteiger partial charge in [0.05, 0.1) is 6.61 Å². The van der Waals surface area contributed by atoms with Gasteiger partial charge in [0.15, 0.2) is 17.4 Å². The fraction of sp³-hybridized carbons (Fsp3) is 1.00. The first-order valence-corrected chi connectivity index (χ1v) is 8.04. The Kier molecular flexibility index (Phi) is 23.3. The van der Waals surface area contributed by atoms with Gasteiger partial charge < -0.3 is 0 Å². The van der Waals surface area contributed by atoms with Crippen LogP contribution in [0.1, 0.15) is 71.1 Å². The third kappa shape index (κ3) is 24.8. The van der Waals surface area contributed by atoms with Crippen LogP contribution >= 0.6 is 0 Å². The fourth-order valence-electron chi connectivity index (χ4n) is 1.75. The summed E-state index contributed by atoms with van der Waals surface area (Å²) in [7, 11) is -4.23. The van der Waals surface area contributed by atoms with Gasteiger partial charge in [-0.2, -0.15) is 8.42 Å². The molecule has 0 fully saturated rings. The van der Waals surface area contributed by atoms with E-state index in [1.807, 2.05) is 0 Å². The van der Waals surface area contributed by atoms with E-state index in [1.54, 1.807) is 0 Å². The van der Waals surface area contributed by atoms with Crippen molar-refractivity contribution in [2.45, 2.75) is 71.1 Å². The van der Waals surface area contributed by atoms with E-state index in [1.165, 1.54) is 44.9 Å². The zero-order chi connectivity index (χ0) is 13.0. The first kappa shape index (κ1) is 25.4. The monoisotopic (exact) mass is 320 g/mol. The summed E-state index contributed by atoms with van der Waals surface area (Å²) < 4.78 is 33.0. The van der Waals surface area contributed by atoms with E-state index in [0.717, 1.165) is 12.8 Å². The molecule has 19 heavy (non-hydrogen) atoms. The Morgan fingerprint density at radius 2 is 1.21 bits per heavy atom. The second kappa shape index (κ2) is 17.5. The molecule has 0 rings (SSSR count). The van der Waals surface area contributed by atoms with Crippen molar-refractivity contribution in [2.24, 2.45) is 0 Å². The van der Waals surface area contributed by atoms with E-state index in [-0.39, 0.29) is 53.5 Å². The van der Waals surface area contributed by atoms with Crippen LogP contribution in [0.3, 0.4) is 0 Å². The van der Waals surface area contributed by atoms with Gasteiger partial charge in [-0.3, -0.25) is 4.55 Å². The van der Waals surface area contributed by atoms with Crippen LogP contribution in [-0.2, 0) is 14.6 Å². The van der Waals surface area contributed by atoms with Crippen LogP contribution in [0.2, 0.25) is 0 Å². The van der Waals surface area contributed by atoms with Crippen LogP contribution in [-0.4, -0.2) is 66.5 Å². The third-order valence-corrected chi connectivity index (χ3v) is 3.19. The van der Waals surface area contributed by atoms with Crippen LogP contribution in [0.15, 0.2) is 0 Å². The van der Waals surface area contributed by atoms with Crippen molar-refractivity contribution in [3.63, 3.8) is 0 Å². The Balaban J connectivity index is -0.00000128. The summed E-state index contributed by atoms with van der Waals surface area (Å²) in [6, 6.07) is 0. The van der Waals surface area contributed by atoms with Gasteiger partial charge in [0.2, 0.25) is 0 Å². The molecule has 0 aromatic carbocycles. The molecule has 112 valence electrons. The molecule has 0 aliphatic carbocycles. The molecule has 0 amide bonds. The summed E-state index contributed by atoms with van der Waals surface area (Å²) in [4.78, 5) is 0. The van der Waals surface area contributed by atoms with Gasteiger partial charge in [0.25, 0.3) is 0 Å². The van der Waals surface area contributed by atoms with Crippen LogP contribution in [0.25, 0.3) is 0 Å². The molecule has 0 bridgehead atoms. The molecule has 0 aliphatic rings. The fourth-order valence-corrected chi connectivity index (χ4v) is 2.08. The standard InChI is InChI=1S/C12H26O4S.Al.Na.4H/c1-2-3-4-5-6-7-8-9-10-11-12-16-17(13,14)15;;;;;;/h2-12H2,1H3,(H,13,14,15);;;;;;. The first-order valence-electron chi connectivity index (χ1n) is 6.68. The van der Waals surface area contributed by atoms with E-state index < -0.39 is 10.4 Å². The molecule has 0 aliphatic heterocycles. The Morgan fingerprint density at radius 3 is 1.58 bits per heavy atom. The normalized spacial score (nSPS) is 10.6. The van der Waals surface area contributed by atoms with Crippen molar-refractivity contribution in [2.75, 3.05) is 6.61 Å². The Hall–Kier alpha value is 1.40. The topological polar surface area (TPSA) is 63.6 Å². The maximum atomic E-state index is 10.2. The Labute approximate surface area is 151 Å². The third-order valence-electron chi connectivity index (χ3n) is 2.73. The van der Waals surface area contributed by atoms with Gasteiger partial charge in [0.1, 0.15) is 0 Å². The molecular weight excluding hydrogens is 290 g/mol. The predicted octanol–water partition coefficient (Wildman–Crippen LogP) is 1.89. The van der Waals surface area contributed by atoms with Crippen LogP contribution in [0.4, 0.5) is 0 Å². The maximum absolute atomic E-state index is 10.2. The van der Waals surface area contributed by atoms with Crippen molar-refractivity contribution in [1.29, 1.82) is 0 Å². The molecule has 0 heterocycles. The average Bonchev–Trinajstić information content (AvgIpc) is 2.24. The zero-order valence-corrected chi connectivity index (χ0v) is 11.7. The molecule has 0 unspecified atom stereocenters. The van der Waals surface area contributed by atoms with E-state index in [4.69, 9.17) is 4.55 Å². The summed E-state index contributed by atoms with van der Waals surface area (Å²) >= 11 is 0. The zero-order valence-electron chi connectivity index (χ0n) is 10.9. The molecule has 4 nitrogen and oxygen atoms in total. The van der Waals surface area contributed by atoms with E-state index in [0.29, 0.717) is 6.42 Å². The SMILES string of the molecule is CCCCCCCCCCCCOS(=O)(=O)O.[AlH3].[NaH]. The number of unbranched alkanes of at least 4 members (excludes halogenated alkanes) is 9. The quantitative estimate of drug-likeness (QED) is 0.339. The molecule has 7 heteroatoms. The second-order valence-corrected chi connectivity index (χ2v) is 5.52. The Bertz CT molecular complexity index is 260. The van der Waals surface area contributed by atoms with Gasteiger partial charge in [-0.25, -0.2) is 4.18 Å². The van der Waals surface area contributed by atoms with Crippen LogP contribution < -0.4 is 0 Å². The molecule has 0 spiro atoms. The van der Waals surface area contributed by atoms with Crippen LogP contribution in [0, 0.1) is 0 Å². The van der Waals surface area contributed by atoms with Crippen molar-refractivity contribution < 1.29 is 17.2 Å². The first-order chi connectivity index (χ1) is 8.06. The average molecular weight is 320 g/mol. The summed E-state index contributed by atoms with van der Waals surface area (Å²) in [5.41, 5.74) is 0. The summed E-state index contributed by atoms with van der Waals surface area (Å²) in [6.45, 7) is 2.31. The minimum atomic E-state index is -4.23. The van der Waals surface area contributed by atoms with E-state index in [2.05, 4.69) is 11.1 Å². The number of hydrogen-bond donors (Lipinski definition) is 1. The number of rotatable bonds is 12. The molecule has 1 N–H and O–H groups in total. The van der Waals surface area contributed by atoms with Crippen molar-refractivity contribution in [1.82, 2.24) is 0 Å². The summed E-state index contributed by atoms with van der Waals surface area (Å²) in [5, 5.41) is 0. The van der Waals surface area contributed by atoms with Gasteiger partial charge in [-0.05, 0) is 6.42 Å². The molecule has 0 radical (unpaired) electrons. The van der Waals surface area contributed by atoms with Crippen molar-refractivity contribution >= 4 is 57.3 Å². The van der Waals surface area contributed by atoms with Crippen molar-refractivity contribution in [3.05, 3.63) is 0 Å². The summed E-state index contributed by atoms with van der Waals surface area (Å²) in [6.07, 6.45) is 11.9.